The summed E-state index contributed by atoms with van der Waals surface area (Å²) in [5.41, 5.74) is 2.01. The Bertz CT molecular complexity index is 647. The van der Waals surface area contributed by atoms with E-state index in [1.165, 1.54) is 57.3 Å². The number of piperidine rings is 1. The molecule has 1 atom stereocenters. The summed E-state index contributed by atoms with van der Waals surface area (Å²) in [6, 6.07) is 8.49. The number of anilines is 1. The highest BCUT2D eigenvalue weighted by molar-refractivity contribution is 5.94. The molecule has 0 aromatic heterocycles. The fourth-order valence-corrected chi connectivity index (χ4v) is 5.23. The van der Waals surface area contributed by atoms with Crippen LogP contribution in [0.4, 0.5) is 5.69 Å². The molecule has 5 nitrogen and oxygen atoms in total. The summed E-state index contributed by atoms with van der Waals surface area (Å²) in [5.74, 6) is 0.958. The van der Waals surface area contributed by atoms with Crippen molar-refractivity contribution >= 4 is 11.6 Å². The maximum Gasteiger partial charge on any atom is 0.251 e. The molecule has 1 N–H and O–H groups in total. The molecule has 1 aromatic rings. The summed E-state index contributed by atoms with van der Waals surface area (Å²) in [5, 5.41) is 3.31. The van der Waals surface area contributed by atoms with Crippen LogP contribution in [0.2, 0.25) is 0 Å². The quantitative estimate of drug-likeness (QED) is 0.827. The Hall–Kier alpha value is -1.59. The Balaban J connectivity index is 1.27. The van der Waals surface area contributed by atoms with Crippen molar-refractivity contribution in [3.63, 3.8) is 0 Å². The molecule has 0 bridgehead atoms. The molecule has 3 fully saturated rings. The number of nitrogens with one attached hydrogen (secondary N) is 1. The predicted octanol–water partition coefficient (Wildman–Crippen LogP) is 3.21. The zero-order chi connectivity index (χ0) is 20.1. The van der Waals surface area contributed by atoms with Crippen molar-refractivity contribution in [2.24, 2.45) is 5.92 Å². The van der Waals surface area contributed by atoms with Crippen LogP contribution < -0.4 is 10.2 Å². The van der Waals surface area contributed by atoms with Gasteiger partial charge in [-0.1, -0.05) is 19.3 Å². The molecule has 1 amide bonds. The fourth-order valence-electron chi connectivity index (χ4n) is 5.23. The van der Waals surface area contributed by atoms with E-state index in [0.29, 0.717) is 0 Å². The molecule has 1 aliphatic carbocycles. The monoisotopic (exact) mass is 398 g/mol. The van der Waals surface area contributed by atoms with Gasteiger partial charge in [-0.05, 0) is 69.5 Å². The Morgan fingerprint density at radius 1 is 0.931 bits per heavy atom. The van der Waals surface area contributed by atoms with Gasteiger partial charge < -0.3 is 20.0 Å². The number of benzene rings is 1. The number of carbonyl (C=O) groups is 1. The van der Waals surface area contributed by atoms with Crippen molar-refractivity contribution in [3.05, 3.63) is 29.8 Å². The average molecular weight is 399 g/mol. The van der Waals surface area contributed by atoms with Crippen LogP contribution in [0.3, 0.4) is 0 Å². The van der Waals surface area contributed by atoms with Gasteiger partial charge in [0.2, 0.25) is 0 Å². The Kier molecular flexibility index (Phi) is 7.09. The molecule has 3 aliphatic rings. The lowest BCUT2D eigenvalue weighted by atomic mass is 9.88. The van der Waals surface area contributed by atoms with Crippen molar-refractivity contribution in [2.75, 3.05) is 57.8 Å². The summed E-state index contributed by atoms with van der Waals surface area (Å²) >= 11 is 0. The van der Waals surface area contributed by atoms with Crippen LogP contribution in [0.5, 0.6) is 0 Å². The second kappa shape index (κ2) is 9.94. The predicted molar refractivity (Wildman–Crippen MR) is 120 cm³/mol. The second-order valence-electron chi connectivity index (χ2n) is 9.41. The molecule has 0 spiro atoms. The van der Waals surface area contributed by atoms with E-state index in [-0.39, 0.29) is 11.9 Å². The van der Waals surface area contributed by atoms with Gasteiger partial charge >= 0.3 is 0 Å². The molecular formula is C24H38N4O. The van der Waals surface area contributed by atoms with Gasteiger partial charge in [0.05, 0.1) is 0 Å². The molecule has 5 heteroatoms. The maximum absolute atomic E-state index is 12.8. The summed E-state index contributed by atoms with van der Waals surface area (Å²) < 4.78 is 0. The molecule has 29 heavy (non-hydrogen) atoms. The lowest BCUT2D eigenvalue weighted by Crippen LogP contribution is -2.49. The molecule has 1 saturated carbocycles. The first-order valence-corrected chi connectivity index (χ1v) is 11.7. The van der Waals surface area contributed by atoms with Crippen LogP contribution in [-0.2, 0) is 0 Å². The molecule has 1 aromatic carbocycles. The molecular weight excluding hydrogens is 360 g/mol. The molecule has 0 radical (unpaired) electrons. The van der Waals surface area contributed by atoms with Crippen LogP contribution in [0.15, 0.2) is 24.3 Å². The minimum absolute atomic E-state index is 0.0828. The number of hydrogen-bond donors (Lipinski definition) is 1. The first-order valence-electron chi connectivity index (χ1n) is 11.7. The number of carbonyl (C=O) groups excluding carboxylic acids is 1. The summed E-state index contributed by atoms with van der Waals surface area (Å²) in [6.07, 6.45) is 9.32. The third kappa shape index (κ3) is 5.73. The number of likely N-dealkylation sites (N-methyl/N-ethyl adjacent to an activating group) is 1. The topological polar surface area (TPSA) is 38.8 Å². The van der Waals surface area contributed by atoms with Crippen molar-refractivity contribution in [1.29, 1.82) is 0 Å². The Labute approximate surface area is 176 Å². The van der Waals surface area contributed by atoms with Crippen molar-refractivity contribution in [1.82, 2.24) is 15.1 Å². The van der Waals surface area contributed by atoms with Gasteiger partial charge in [0.15, 0.2) is 0 Å². The van der Waals surface area contributed by atoms with Crippen molar-refractivity contribution < 1.29 is 4.79 Å². The maximum atomic E-state index is 12.8. The molecule has 2 saturated heterocycles. The van der Waals surface area contributed by atoms with E-state index in [9.17, 15) is 4.79 Å². The molecule has 2 aliphatic heterocycles. The van der Waals surface area contributed by atoms with E-state index < -0.39 is 0 Å². The van der Waals surface area contributed by atoms with Crippen LogP contribution >= 0.6 is 0 Å². The first kappa shape index (κ1) is 20.7. The average Bonchev–Trinajstić information content (AvgIpc) is 2.75. The van der Waals surface area contributed by atoms with Gasteiger partial charge in [0.25, 0.3) is 5.91 Å². The summed E-state index contributed by atoms with van der Waals surface area (Å²) in [6.45, 7) is 7.75. The van der Waals surface area contributed by atoms with Gasteiger partial charge in [0, 0.05) is 56.6 Å². The van der Waals surface area contributed by atoms with E-state index in [0.717, 1.165) is 50.6 Å². The zero-order valence-electron chi connectivity index (χ0n) is 18.1. The highest BCUT2D eigenvalue weighted by atomic mass is 16.1. The number of rotatable bonds is 5. The van der Waals surface area contributed by atoms with Crippen LogP contribution in [0.25, 0.3) is 0 Å². The highest BCUT2D eigenvalue weighted by Gasteiger charge is 2.25. The minimum atomic E-state index is 0.0828. The minimum Gasteiger partial charge on any atom is -0.369 e. The van der Waals surface area contributed by atoms with Gasteiger partial charge in [0.1, 0.15) is 0 Å². The molecule has 2 heterocycles. The fraction of sp³-hybridized carbons (Fsp3) is 0.708. The molecule has 4 rings (SSSR count). The van der Waals surface area contributed by atoms with E-state index >= 15 is 0 Å². The first-order chi connectivity index (χ1) is 14.2. The van der Waals surface area contributed by atoms with Crippen LogP contribution in [-0.4, -0.2) is 74.6 Å². The van der Waals surface area contributed by atoms with E-state index in [2.05, 4.69) is 39.2 Å². The van der Waals surface area contributed by atoms with E-state index in [1.807, 2.05) is 12.1 Å². The number of hydrogen-bond acceptors (Lipinski definition) is 4. The number of nitrogens with zero attached hydrogens (tertiary/aromatic N) is 3. The van der Waals surface area contributed by atoms with Gasteiger partial charge in [-0.15, -0.1) is 0 Å². The third-order valence-electron chi connectivity index (χ3n) is 7.08. The third-order valence-corrected chi connectivity index (χ3v) is 7.08. The Morgan fingerprint density at radius 2 is 1.66 bits per heavy atom. The number of likely N-dealkylation sites (tertiary alicyclic amines) is 1. The lowest BCUT2D eigenvalue weighted by Gasteiger charge is -2.36. The summed E-state index contributed by atoms with van der Waals surface area (Å²) in [4.78, 5) is 20.2. The molecule has 160 valence electrons. The molecule has 1 unspecified atom stereocenters. The van der Waals surface area contributed by atoms with E-state index in [4.69, 9.17) is 0 Å². The van der Waals surface area contributed by atoms with Gasteiger partial charge in [-0.2, -0.15) is 0 Å². The Morgan fingerprint density at radius 3 is 2.38 bits per heavy atom. The zero-order valence-corrected chi connectivity index (χ0v) is 18.1. The summed E-state index contributed by atoms with van der Waals surface area (Å²) in [7, 11) is 2.17. The highest BCUT2D eigenvalue weighted by Crippen LogP contribution is 2.25. The van der Waals surface area contributed by atoms with Crippen LogP contribution in [0.1, 0.15) is 55.3 Å². The van der Waals surface area contributed by atoms with Gasteiger partial charge in [-0.3, -0.25) is 4.79 Å². The SMILES string of the molecule is CN1CCN(c2ccc(C(=O)NC3CCCN(CC4CCCCC4)C3)cc2)CC1. The second-order valence-corrected chi connectivity index (χ2v) is 9.41. The largest absolute Gasteiger partial charge is 0.369 e. The van der Waals surface area contributed by atoms with E-state index in [1.54, 1.807) is 0 Å². The smallest absolute Gasteiger partial charge is 0.251 e. The standard InChI is InChI=1S/C24H38N4O/c1-26-14-16-28(17-15-26)23-11-9-21(10-12-23)24(29)25-22-8-5-13-27(19-22)18-20-6-3-2-4-7-20/h9-12,20,22H,2-8,13-19H2,1H3,(H,25,29). The van der Waals surface area contributed by atoms with Crippen LogP contribution in [0, 0.1) is 5.92 Å². The number of amides is 1. The van der Waals surface area contributed by atoms with Gasteiger partial charge in [-0.25, -0.2) is 0 Å². The number of piperazine rings is 1. The van der Waals surface area contributed by atoms with Crippen molar-refractivity contribution in [3.8, 4) is 0 Å². The normalized spacial score (nSPS) is 25.1. The lowest BCUT2D eigenvalue weighted by molar-refractivity contribution is 0.0890. The van der Waals surface area contributed by atoms with Crippen molar-refractivity contribution in [2.45, 2.75) is 51.0 Å².